The molecule has 5 heteroatoms. The maximum Gasteiger partial charge on any atom is 0.224 e. The van der Waals surface area contributed by atoms with Crippen LogP contribution >= 0.6 is 11.8 Å². The first-order chi connectivity index (χ1) is 10.7. The van der Waals surface area contributed by atoms with Crippen LogP contribution in [0.15, 0.2) is 24.3 Å². The molecule has 0 saturated carbocycles. The van der Waals surface area contributed by atoms with Crippen LogP contribution in [0.2, 0.25) is 0 Å². The minimum absolute atomic E-state index is 0.135. The lowest BCUT2D eigenvalue weighted by Crippen LogP contribution is -2.41. The van der Waals surface area contributed by atoms with Gasteiger partial charge < -0.3 is 10.2 Å². The van der Waals surface area contributed by atoms with E-state index in [1.165, 1.54) is 6.07 Å². The van der Waals surface area contributed by atoms with E-state index >= 15 is 0 Å². The Balaban J connectivity index is 1.55. The van der Waals surface area contributed by atoms with Gasteiger partial charge in [-0.1, -0.05) is 18.2 Å². The molecule has 1 aromatic rings. The zero-order valence-electron chi connectivity index (χ0n) is 13.2. The molecule has 0 unspecified atom stereocenters. The van der Waals surface area contributed by atoms with Gasteiger partial charge in [-0.2, -0.15) is 11.8 Å². The van der Waals surface area contributed by atoms with E-state index in [-0.39, 0.29) is 17.6 Å². The lowest BCUT2D eigenvalue weighted by molar-refractivity contribution is -0.126. The van der Waals surface area contributed by atoms with Gasteiger partial charge in [0.05, 0.1) is 5.92 Å². The van der Waals surface area contributed by atoms with E-state index in [2.05, 4.69) is 17.3 Å². The Morgan fingerprint density at radius 3 is 3.05 bits per heavy atom. The van der Waals surface area contributed by atoms with Crippen LogP contribution in [0.4, 0.5) is 4.39 Å². The Morgan fingerprint density at radius 1 is 1.45 bits per heavy atom. The Morgan fingerprint density at radius 2 is 2.27 bits per heavy atom. The molecule has 1 aliphatic rings. The maximum atomic E-state index is 13.4. The second-order valence-electron chi connectivity index (χ2n) is 5.89. The molecular formula is C17H25FN2OS. The third kappa shape index (κ3) is 5.61. The molecule has 1 amide bonds. The van der Waals surface area contributed by atoms with Crippen molar-refractivity contribution in [2.24, 2.45) is 5.92 Å². The normalized spacial score (nSPS) is 19.1. The standard InChI is InChI=1S/C17H25FN2OS/c1-20-10-4-7-14(12-20)17(21)19-9-5-11-22-13-15-6-2-3-8-16(15)18/h2-3,6,8,14H,4-5,7,9-13H2,1H3,(H,19,21)/t14-/m1/s1. The van der Waals surface area contributed by atoms with Gasteiger partial charge in [0.1, 0.15) is 5.82 Å². The molecule has 3 nitrogen and oxygen atoms in total. The van der Waals surface area contributed by atoms with Crippen LogP contribution in [0.1, 0.15) is 24.8 Å². The largest absolute Gasteiger partial charge is 0.356 e. The van der Waals surface area contributed by atoms with E-state index in [0.29, 0.717) is 12.3 Å². The van der Waals surface area contributed by atoms with Crippen LogP contribution in [-0.2, 0) is 10.5 Å². The molecule has 0 aromatic heterocycles. The lowest BCUT2D eigenvalue weighted by Gasteiger charge is -2.28. The number of carbonyl (C=O) groups excluding carboxylic acids is 1. The van der Waals surface area contributed by atoms with Crippen molar-refractivity contribution >= 4 is 17.7 Å². The summed E-state index contributed by atoms with van der Waals surface area (Å²) in [4.78, 5) is 14.3. The van der Waals surface area contributed by atoms with Crippen LogP contribution in [-0.4, -0.2) is 43.2 Å². The van der Waals surface area contributed by atoms with E-state index in [4.69, 9.17) is 0 Å². The molecular weight excluding hydrogens is 299 g/mol. The highest BCUT2D eigenvalue weighted by Crippen LogP contribution is 2.16. The Hall–Kier alpha value is -1.07. The van der Waals surface area contributed by atoms with Gasteiger partial charge in [0.25, 0.3) is 0 Å². The number of hydrogen-bond donors (Lipinski definition) is 1. The zero-order chi connectivity index (χ0) is 15.8. The molecule has 1 N–H and O–H groups in total. The highest BCUT2D eigenvalue weighted by molar-refractivity contribution is 7.98. The van der Waals surface area contributed by atoms with Gasteiger partial charge >= 0.3 is 0 Å². The molecule has 1 fully saturated rings. The number of carbonyl (C=O) groups is 1. The molecule has 1 atom stereocenters. The number of likely N-dealkylation sites (tertiary alicyclic amines) is 1. The van der Waals surface area contributed by atoms with E-state index in [0.717, 1.165) is 43.7 Å². The minimum Gasteiger partial charge on any atom is -0.356 e. The van der Waals surface area contributed by atoms with Crippen molar-refractivity contribution in [3.05, 3.63) is 35.6 Å². The molecule has 2 rings (SSSR count). The van der Waals surface area contributed by atoms with Crippen molar-refractivity contribution in [3.63, 3.8) is 0 Å². The Labute approximate surface area is 136 Å². The van der Waals surface area contributed by atoms with Crippen LogP contribution in [0.5, 0.6) is 0 Å². The zero-order valence-corrected chi connectivity index (χ0v) is 14.0. The molecule has 0 spiro atoms. The predicted octanol–water partition coefficient (Wildman–Crippen LogP) is 2.91. The van der Waals surface area contributed by atoms with Gasteiger partial charge in [-0.15, -0.1) is 0 Å². The fraction of sp³-hybridized carbons (Fsp3) is 0.588. The van der Waals surface area contributed by atoms with Crippen LogP contribution in [0.3, 0.4) is 0 Å². The number of hydrogen-bond acceptors (Lipinski definition) is 3. The average Bonchev–Trinajstić information content (AvgIpc) is 2.52. The molecule has 22 heavy (non-hydrogen) atoms. The fourth-order valence-corrected chi connectivity index (χ4v) is 3.65. The minimum atomic E-state index is -0.135. The number of nitrogens with one attached hydrogen (secondary N) is 1. The van der Waals surface area contributed by atoms with Crippen molar-refractivity contribution in [3.8, 4) is 0 Å². The topological polar surface area (TPSA) is 32.3 Å². The van der Waals surface area contributed by atoms with Crippen LogP contribution < -0.4 is 5.32 Å². The first kappa shape index (κ1) is 17.3. The Bertz CT molecular complexity index is 483. The predicted molar refractivity (Wildman–Crippen MR) is 90.4 cm³/mol. The summed E-state index contributed by atoms with van der Waals surface area (Å²) in [6.45, 7) is 2.67. The number of thioether (sulfide) groups is 1. The number of nitrogens with zero attached hydrogens (tertiary/aromatic N) is 1. The van der Waals surface area contributed by atoms with Gasteiger partial charge in [-0.05, 0) is 50.2 Å². The summed E-state index contributed by atoms with van der Waals surface area (Å²) in [5, 5.41) is 3.03. The van der Waals surface area contributed by atoms with Gasteiger partial charge in [0, 0.05) is 18.8 Å². The maximum absolute atomic E-state index is 13.4. The van der Waals surface area contributed by atoms with E-state index in [1.807, 2.05) is 12.1 Å². The van der Waals surface area contributed by atoms with E-state index < -0.39 is 0 Å². The number of halogens is 1. The molecule has 1 heterocycles. The van der Waals surface area contributed by atoms with Crippen molar-refractivity contribution in [1.29, 1.82) is 0 Å². The SMILES string of the molecule is CN1CCC[C@@H](C(=O)NCCCSCc2ccccc2F)C1. The summed E-state index contributed by atoms with van der Waals surface area (Å²) >= 11 is 1.71. The van der Waals surface area contributed by atoms with E-state index in [1.54, 1.807) is 17.8 Å². The number of benzene rings is 1. The Kier molecular flexibility index (Phi) is 7.19. The summed E-state index contributed by atoms with van der Waals surface area (Å²) in [6.07, 6.45) is 3.03. The third-order valence-electron chi connectivity index (χ3n) is 3.98. The van der Waals surface area contributed by atoms with Gasteiger partial charge in [-0.25, -0.2) is 4.39 Å². The van der Waals surface area contributed by atoms with Gasteiger partial charge in [-0.3, -0.25) is 4.79 Å². The monoisotopic (exact) mass is 324 g/mol. The highest BCUT2D eigenvalue weighted by Gasteiger charge is 2.23. The summed E-state index contributed by atoms with van der Waals surface area (Å²) in [5.74, 6) is 1.81. The smallest absolute Gasteiger partial charge is 0.224 e. The molecule has 1 aromatic carbocycles. The molecule has 122 valence electrons. The number of piperidine rings is 1. The van der Waals surface area contributed by atoms with Gasteiger partial charge in [0.2, 0.25) is 5.91 Å². The average molecular weight is 324 g/mol. The summed E-state index contributed by atoms with van der Waals surface area (Å²) in [6, 6.07) is 6.89. The molecule has 0 bridgehead atoms. The van der Waals surface area contributed by atoms with Crippen molar-refractivity contribution in [2.75, 3.05) is 32.4 Å². The fourth-order valence-electron chi connectivity index (χ4n) is 2.71. The van der Waals surface area contributed by atoms with Crippen LogP contribution in [0, 0.1) is 11.7 Å². The first-order valence-corrected chi connectivity index (χ1v) is 9.09. The summed E-state index contributed by atoms with van der Waals surface area (Å²) in [7, 11) is 2.07. The molecule has 1 saturated heterocycles. The quantitative estimate of drug-likeness (QED) is 0.783. The van der Waals surface area contributed by atoms with Crippen molar-refractivity contribution < 1.29 is 9.18 Å². The summed E-state index contributed by atoms with van der Waals surface area (Å²) in [5.41, 5.74) is 0.752. The van der Waals surface area contributed by atoms with Crippen molar-refractivity contribution in [1.82, 2.24) is 10.2 Å². The van der Waals surface area contributed by atoms with Gasteiger partial charge in [0.15, 0.2) is 0 Å². The first-order valence-electron chi connectivity index (χ1n) is 7.94. The molecule has 0 radical (unpaired) electrons. The highest BCUT2D eigenvalue weighted by atomic mass is 32.2. The molecule has 1 aliphatic heterocycles. The summed E-state index contributed by atoms with van der Waals surface area (Å²) < 4.78 is 13.4. The number of amides is 1. The second kappa shape index (κ2) is 9.16. The molecule has 0 aliphatic carbocycles. The van der Waals surface area contributed by atoms with E-state index in [9.17, 15) is 9.18 Å². The third-order valence-corrected chi connectivity index (χ3v) is 5.07. The number of rotatable bonds is 7. The lowest BCUT2D eigenvalue weighted by atomic mass is 9.98. The van der Waals surface area contributed by atoms with Crippen LogP contribution in [0.25, 0.3) is 0 Å². The van der Waals surface area contributed by atoms with Crippen molar-refractivity contribution in [2.45, 2.75) is 25.0 Å². The second-order valence-corrected chi connectivity index (χ2v) is 7.00.